The highest BCUT2D eigenvalue weighted by Crippen LogP contribution is 2.26. The summed E-state index contributed by atoms with van der Waals surface area (Å²) in [6, 6.07) is 1.83. The fourth-order valence-electron chi connectivity index (χ4n) is 0.668. The number of carbonyl (C=O) groups excluding carboxylic acids is 1. The Labute approximate surface area is 93.9 Å². The molecule has 1 aromatic rings. The number of nitrogens with zero attached hydrogens (tertiary/aromatic N) is 3. The minimum Gasteiger partial charge on any atom is -0.371 e. The van der Waals surface area contributed by atoms with Gasteiger partial charge < -0.3 is 10.6 Å². The van der Waals surface area contributed by atoms with E-state index in [1.54, 1.807) is 0 Å². The van der Waals surface area contributed by atoms with Crippen molar-refractivity contribution >= 4 is 35.1 Å². The van der Waals surface area contributed by atoms with E-state index in [1.165, 1.54) is 6.20 Å². The van der Waals surface area contributed by atoms with Gasteiger partial charge in [0.1, 0.15) is 12.3 Å². The molecule has 0 aromatic carbocycles. The molecule has 0 bridgehead atoms. The fourth-order valence-corrected chi connectivity index (χ4v) is 1.59. The molecule has 0 fully saturated rings. The van der Waals surface area contributed by atoms with E-state index in [0.717, 1.165) is 17.6 Å². The van der Waals surface area contributed by atoms with Gasteiger partial charge in [-0.2, -0.15) is 5.26 Å². The third-order valence-electron chi connectivity index (χ3n) is 1.22. The Balaban J connectivity index is 2.66. The Morgan fingerprint density at radius 2 is 2.67 bits per heavy atom. The van der Waals surface area contributed by atoms with E-state index in [9.17, 15) is 4.79 Å². The number of rotatable bonds is 4. The molecule has 2 N–H and O–H groups in total. The molecular weight excluding hydrogens is 240 g/mol. The zero-order chi connectivity index (χ0) is 11.3. The monoisotopic (exact) mass is 244 g/mol. The van der Waals surface area contributed by atoms with Gasteiger partial charge in [0, 0.05) is 6.20 Å². The maximum absolute atomic E-state index is 10.3. The number of oxime groups is 1. The van der Waals surface area contributed by atoms with E-state index in [2.05, 4.69) is 10.1 Å². The average molecular weight is 245 g/mol. The molecule has 1 rings (SSSR count). The molecule has 0 aliphatic carbocycles. The molecule has 0 aliphatic heterocycles. The molecule has 0 aliphatic rings. The molecule has 8 heteroatoms. The summed E-state index contributed by atoms with van der Waals surface area (Å²) in [4.78, 5) is 19.3. The highest BCUT2D eigenvalue weighted by Gasteiger charge is 2.14. The smallest absolute Gasteiger partial charge is 0.263 e. The number of nitrogens with two attached hydrogens (primary N) is 1. The molecular formula is C7H5ClN4O2S. The van der Waals surface area contributed by atoms with Crippen LogP contribution >= 0.6 is 22.9 Å². The summed E-state index contributed by atoms with van der Waals surface area (Å²) in [6.07, 6.45) is 1.24. The second-order valence-electron chi connectivity index (χ2n) is 2.27. The second-order valence-corrected chi connectivity index (χ2v) is 3.91. The number of amides is 1. The molecule has 0 spiro atoms. The number of hydrogen-bond donors (Lipinski definition) is 1. The standard InChI is InChI=1S/C7H5ClN4O2S/c8-7-11-2-5(15-7)4(1-9)14-12-3-6(10)13/h2-4H,(H2,10,13)/b12-3+. The molecule has 1 heterocycles. The first-order chi connectivity index (χ1) is 7.13. The highest BCUT2D eigenvalue weighted by molar-refractivity contribution is 7.15. The molecule has 1 atom stereocenters. The maximum atomic E-state index is 10.3. The fraction of sp³-hybridized carbons (Fsp3) is 0.143. The number of thiazole rings is 1. The first kappa shape index (κ1) is 11.4. The van der Waals surface area contributed by atoms with Crippen LogP contribution in [0.25, 0.3) is 0 Å². The van der Waals surface area contributed by atoms with Crippen LogP contribution in [0.1, 0.15) is 11.0 Å². The number of halogens is 1. The summed E-state index contributed by atoms with van der Waals surface area (Å²) in [6.45, 7) is 0. The lowest BCUT2D eigenvalue weighted by molar-refractivity contribution is -0.111. The van der Waals surface area contributed by atoms with Crippen molar-refractivity contribution in [2.45, 2.75) is 6.10 Å². The van der Waals surface area contributed by atoms with Crippen LogP contribution in [-0.4, -0.2) is 17.1 Å². The van der Waals surface area contributed by atoms with Crippen molar-refractivity contribution < 1.29 is 9.63 Å². The SMILES string of the molecule is N#CC(O/N=C/C(N)=O)c1cnc(Cl)s1. The van der Waals surface area contributed by atoms with Gasteiger partial charge in [-0.15, -0.1) is 11.3 Å². The zero-order valence-corrected chi connectivity index (χ0v) is 8.83. The van der Waals surface area contributed by atoms with Gasteiger partial charge in [-0.3, -0.25) is 4.79 Å². The lowest BCUT2D eigenvalue weighted by Crippen LogP contribution is -2.12. The van der Waals surface area contributed by atoms with E-state index < -0.39 is 12.0 Å². The van der Waals surface area contributed by atoms with Crippen molar-refractivity contribution in [2.24, 2.45) is 10.9 Å². The van der Waals surface area contributed by atoms with Crippen LogP contribution in [0, 0.1) is 11.3 Å². The largest absolute Gasteiger partial charge is 0.371 e. The zero-order valence-electron chi connectivity index (χ0n) is 7.25. The minimum absolute atomic E-state index is 0.299. The Bertz CT molecular complexity index is 425. The molecule has 78 valence electrons. The quantitative estimate of drug-likeness (QED) is 0.626. The number of primary amides is 1. The van der Waals surface area contributed by atoms with E-state index in [1.807, 2.05) is 6.07 Å². The molecule has 0 saturated heterocycles. The summed E-state index contributed by atoms with van der Waals surface area (Å²) >= 11 is 6.67. The van der Waals surface area contributed by atoms with Crippen LogP contribution < -0.4 is 5.73 Å². The van der Waals surface area contributed by atoms with Gasteiger partial charge in [-0.05, 0) is 0 Å². The van der Waals surface area contributed by atoms with E-state index >= 15 is 0 Å². The maximum Gasteiger partial charge on any atom is 0.263 e. The lowest BCUT2D eigenvalue weighted by atomic mass is 10.3. The normalized spacial score (nSPS) is 12.3. The Morgan fingerprint density at radius 3 is 3.13 bits per heavy atom. The minimum atomic E-state index is -0.939. The average Bonchev–Trinajstić information content (AvgIpc) is 2.59. The summed E-state index contributed by atoms with van der Waals surface area (Å²) in [7, 11) is 0. The number of carbonyl (C=O) groups is 1. The van der Waals surface area contributed by atoms with Gasteiger partial charge >= 0.3 is 0 Å². The predicted octanol–water partition coefficient (Wildman–Crippen LogP) is 0.849. The van der Waals surface area contributed by atoms with Crippen molar-refractivity contribution in [2.75, 3.05) is 0 Å². The first-order valence-corrected chi connectivity index (χ1v) is 4.82. The number of nitriles is 1. The summed E-state index contributed by atoms with van der Waals surface area (Å²) < 4.78 is 0.299. The van der Waals surface area contributed by atoms with Crippen molar-refractivity contribution in [1.82, 2.24) is 4.98 Å². The molecule has 1 aromatic heterocycles. The van der Waals surface area contributed by atoms with Crippen LogP contribution in [0.3, 0.4) is 0 Å². The van der Waals surface area contributed by atoms with Crippen LogP contribution in [0.2, 0.25) is 4.47 Å². The van der Waals surface area contributed by atoms with Gasteiger partial charge in [0.15, 0.2) is 4.47 Å². The topological polar surface area (TPSA) is 101 Å². The van der Waals surface area contributed by atoms with E-state index in [4.69, 9.17) is 27.4 Å². The molecule has 1 unspecified atom stereocenters. The van der Waals surface area contributed by atoms with Crippen molar-refractivity contribution in [3.05, 3.63) is 15.5 Å². The van der Waals surface area contributed by atoms with Crippen molar-refractivity contribution in [3.8, 4) is 6.07 Å². The number of hydrogen-bond acceptors (Lipinski definition) is 6. The van der Waals surface area contributed by atoms with Gasteiger partial charge in [-0.25, -0.2) is 4.98 Å². The van der Waals surface area contributed by atoms with Crippen LogP contribution in [0.4, 0.5) is 0 Å². The van der Waals surface area contributed by atoms with Gasteiger partial charge in [0.2, 0.25) is 6.10 Å². The van der Waals surface area contributed by atoms with E-state index in [-0.39, 0.29) is 0 Å². The second kappa shape index (κ2) is 5.29. The van der Waals surface area contributed by atoms with Crippen molar-refractivity contribution in [3.63, 3.8) is 0 Å². The van der Waals surface area contributed by atoms with Crippen molar-refractivity contribution in [1.29, 1.82) is 5.26 Å². The Kier molecular flexibility index (Phi) is 4.03. The first-order valence-electron chi connectivity index (χ1n) is 3.63. The Hall–Kier alpha value is -1.65. The summed E-state index contributed by atoms with van der Waals surface area (Å²) in [5.74, 6) is -0.756. The van der Waals surface area contributed by atoms with E-state index in [0.29, 0.717) is 9.34 Å². The van der Waals surface area contributed by atoms with Gasteiger partial charge in [0.25, 0.3) is 5.91 Å². The van der Waals surface area contributed by atoms with Crippen LogP contribution in [-0.2, 0) is 9.63 Å². The Morgan fingerprint density at radius 1 is 1.93 bits per heavy atom. The lowest BCUT2D eigenvalue weighted by Gasteiger charge is -2.01. The molecule has 6 nitrogen and oxygen atoms in total. The summed E-state index contributed by atoms with van der Waals surface area (Å²) in [5, 5.41) is 12.0. The van der Waals surface area contributed by atoms with Crippen LogP contribution in [0.15, 0.2) is 11.4 Å². The highest BCUT2D eigenvalue weighted by atomic mass is 35.5. The molecule has 1 amide bonds. The third-order valence-corrected chi connectivity index (χ3v) is 2.38. The summed E-state index contributed by atoms with van der Waals surface area (Å²) in [5.41, 5.74) is 4.78. The molecule has 0 saturated carbocycles. The third kappa shape index (κ3) is 3.53. The number of aromatic nitrogens is 1. The molecule has 15 heavy (non-hydrogen) atoms. The molecule has 0 radical (unpaired) electrons. The van der Waals surface area contributed by atoms with Gasteiger partial charge in [-0.1, -0.05) is 16.8 Å². The predicted molar refractivity (Wildman–Crippen MR) is 54.2 cm³/mol. The van der Waals surface area contributed by atoms with Crippen LogP contribution in [0.5, 0.6) is 0 Å². The van der Waals surface area contributed by atoms with Gasteiger partial charge in [0.05, 0.1) is 4.88 Å².